The van der Waals surface area contributed by atoms with Crippen molar-refractivity contribution < 1.29 is 0 Å². The van der Waals surface area contributed by atoms with Gasteiger partial charge in [-0.25, -0.2) is 0 Å². The highest BCUT2D eigenvalue weighted by atomic mass is 15.0. The molecule has 13 heavy (non-hydrogen) atoms. The van der Waals surface area contributed by atoms with Crippen LogP contribution in [0.25, 0.3) is 0 Å². The van der Waals surface area contributed by atoms with Gasteiger partial charge in [0.05, 0.1) is 0 Å². The van der Waals surface area contributed by atoms with Gasteiger partial charge in [0.15, 0.2) is 0 Å². The average Bonchev–Trinajstić information content (AvgIpc) is 2.55. The van der Waals surface area contributed by atoms with Gasteiger partial charge >= 0.3 is 0 Å². The molecule has 1 fully saturated rings. The van der Waals surface area contributed by atoms with E-state index in [1.807, 2.05) is 0 Å². The van der Waals surface area contributed by atoms with Crippen LogP contribution >= 0.6 is 0 Å². The number of rotatable bonds is 2. The summed E-state index contributed by atoms with van der Waals surface area (Å²) in [5, 5.41) is 3.63. The molecule has 0 aromatic heterocycles. The largest absolute Gasteiger partial charge is 0.307 e. The third-order valence-corrected chi connectivity index (χ3v) is 3.21. The lowest BCUT2D eigenvalue weighted by Gasteiger charge is -2.18. The Kier molecular flexibility index (Phi) is 2.36. The fourth-order valence-electron chi connectivity index (χ4n) is 2.50. The number of allylic oxidation sites excluding steroid dienone is 2. The number of nitrogens with one attached hydrogen (secondary N) is 1. The minimum Gasteiger partial charge on any atom is -0.307 e. The van der Waals surface area contributed by atoms with E-state index in [0.29, 0.717) is 23.9 Å². The lowest BCUT2D eigenvalue weighted by Crippen LogP contribution is -2.30. The molecule has 0 bridgehead atoms. The van der Waals surface area contributed by atoms with Crippen LogP contribution in [0, 0.1) is 11.8 Å². The first kappa shape index (κ1) is 8.76. The molecule has 0 aromatic rings. The zero-order valence-electron chi connectivity index (χ0n) is 8.11. The first-order chi connectivity index (χ1) is 6.36. The quantitative estimate of drug-likeness (QED) is 0.635. The molecule has 2 rings (SSSR count). The molecule has 2 aliphatic rings. The summed E-state index contributed by atoms with van der Waals surface area (Å²) < 4.78 is 0. The van der Waals surface area contributed by atoms with Gasteiger partial charge in [0.2, 0.25) is 0 Å². The molecule has 1 N–H and O–H groups in total. The summed E-state index contributed by atoms with van der Waals surface area (Å²) in [4.78, 5) is 0. The average molecular weight is 175 g/mol. The van der Waals surface area contributed by atoms with E-state index in [2.05, 4.69) is 49.2 Å². The molecule has 0 aromatic carbocycles. The van der Waals surface area contributed by atoms with E-state index in [9.17, 15) is 0 Å². The summed E-state index contributed by atoms with van der Waals surface area (Å²) >= 11 is 0. The van der Waals surface area contributed by atoms with Crippen molar-refractivity contribution in [2.45, 2.75) is 25.4 Å². The van der Waals surface area contributed by atoms with Crippen LogP contribution in [0.4, 0.5) is 0 Å². The van der Waals surface area contributed by atoms with Gasteiger partial charge in [0, 0.05) is 18.0 Å². The Labute approximate surface area is 80.2 Å². The van der Waals surface area contributed by atoms with Gasteiger partial charge in [-0.05, 0) is 12.3 Å². The molecule has 0 spiro atoms. The molecule has 70 valence electrons. The zero-order chi connectivity index (χ0) is 9.26. The molecular weight excluding hydrogens is 158 g/mol. The van der Waals surface area contributed by atoms with Crippen molar-refractivity contribution in [1.82, 2.24) is 5.32 Å². The van der Waals surface area contributed by atoms with Crippen LogP contribution in [-0.2, 0) is 0 Å². The van der Waals surface area contributed by atoms with E-state index in [1.165, 1.54) is 6.42 Å². The summed E-state index contributed by atoms with van der Waals surface area (Å²) in [6, 6.07) is 1.15. The monoisotopic (exact) mass is 175 g/mol. The van der Waals surface area contributed by atoms with E-state index < -0.39 is 0 Å². The van der Waals surface area contributed by atoms with Crippen molar-refractivity contribution >= 4 is 0 Å². The fraction of sp³-hybridized carbons (Fsp3) is 0.500. The van der Waals surface area contributed by atoms with Gasteiger partial charge in [-0.15, -0.1) is 6.58 Å². The number of hydrogen-bond acceptors (Lipinski definition) is 1. The molecular formula is C12H17N. The Hall–Kier alpha value is -0.820. The highest BCUT2D eigenvalue weighted by Gasteiger charge is 2.37. The van der Waals surface area contributed by atoms with Crippen LogP contribution in [0.3, 0.4) is 0 Å². The Morgan fingerprint density at radius 2 is 2.15 bits per heavy atom. The normalized spacial score (nSPS) is 41.9. The Balaban J connectivity index is 2.20. The summed E-state index contributed by atoms with van der Waals surface area (Å²) in [6.07, 6.45) is 12.1. The highest BCUT2D eigenvalue weighted by molar-refractivity contribution is 5.23. The van der Waals surface area contributed by atoms with Gasteiger partial charge in [-0.2, -0.15) is 0 Å². The van der Waals surface area contributed by atoms with Gasteiger partial charge in [-0.3, -0.25) is 0 Å². The van der Waals surface area contributed by atoms with Crippen molar-refractivity contribution in [1.29, 1.82) is 0 Å². The predicted molar refractivity (Wildman–Crippen MR) is 56.5 cm³/mol. The van der Waals surface area contributed by atoms with Gasteiger partial charge < -0.3 is 5.32 Å². The minimum absolute atomic E-state index is 0.540. The van der Waals surface area contributed by atoms with Crippen LogP contribution in [0.5, 0.6) is 0 Å². The Bertz CT molecular complexity index is 252. The van der Waals surface area contributed by atoms with Gasteiger partial charge in [0.25, 0.3) is 0 Å². The topological polar surface area (TPSA) is 12.0 Å². The van der Waals surface area contributed by atoms with E-state index in [1.54, 1.807) is 0 Å². The molecule has 1 heterocycles. The van der Waals surface area contributed by atoms with Crippen molar-refractivity contribution in [3.05, 3.63) is 37.0 Å². The maximum absolute atomic E-state index is 3.93. The number of hydrogen-bond donors (Lipinski definition) is 1. The lowest BCUT2D eigenvalue weighted by molar-refractivity contribution is 0.475. The van der Waals surface area contributed by atoms with Crippen molar-refractivity contribution in [2.75, 3.05) is 0 Å². The highest BCUT2D eigenvalue weighted by Crippen LogP contribution is 2.33. The standard InChI is InChI=1S/C12H17N/c1-3-9-10-7-5-6-8-12(10)13-11(9)4-2/h3,5-13H,1,4H2,2H3. The van der Waals surface area contributed by atoms with Crippen molar-refractivity contribution in [3.8, 4) is 0 Å². The summed E-state index contributed by atoms with van der Waals surface area (Å²) in [5.41, 5.74) is 0. The predicted octanol–water partition coefficient (Wildman–Crippen LogP) is 2.28. The van der Waals surface area contributed by atoms with Gasteiger partial charge in [0.1, 0.15) is 0 Å². The van der Waals surface area contributed by atoms with Crippen molar-refractivity contribution in [2.24, 2.45) is 11.8 Å². The Morgan fingerprint density at radius 1 is 1.38 bits per heavy atom. The smallest absolute Gasteiger partial charge is 0.0325 e. The molecule has 1 nitrogen and oxygen atoms in total. The molecule has 0 radical (unpaired) electrons. The molecule has 1 saturated heterocycles. The molecule has 1 aliphatic carbocycles. The van der Waals surface area contributed by atoms with E-state index in [0.717, 1.165) is 0 Å². The van der Waals surface area contributed by atoms with Crippen LogP contribution in [0.2, 0.25) is 0 Å². The second kappa shape index (κ2) is 3.51. The fourth-order valence-corrected chi connectivity index (χ4v) is 2.50. The Morgan fingerprint density at radius 3 is 2.85 bits per heavy atom. The summed E-state index contributed by atoms with van der Waals surface area (Å²) in [5.74, 6) is 1.24. The molecule has 1 aliphatic heterocycles. The molecule has 0 amide bonds. The van der Waals surface area contributed by atoms with Crippen LogP contribution < -0.4 is 5.32 Å². The van der Waals surface area contributed by atoms with Crippen LogP contribution in [0.15, 0.2) is 37.0 Å². The summed E-state index contributed by atoms with van der Waals surface area (Å²) in [7, 11) is 0. The maximum Gasteiger partial charge on any atom is 0.0325 e. The molecule has 4 unspecified atom stereocenters. The maximum atomic E-state index is 3.93. The lowest BCUT2D eigenvalue weighted by atomic mass is 9.84. The van der Waals surface area contributed by atoms with Gasteiger partial charge in [-0.1, -0.05) is 37.3 Å². The minimum atomic E-state index is 0.540. The third kappa shape index (κ3) is 1.37. The molecule has 1 heteroatoms. The third-order valence-electron chi connectivity index (χ3n) is 3.21. The molecule has 4 atom stereocenters. The van der Waals surface area contributed by atoms with E-state index >= 15 is 0 Å². The summed E-state index contributed by atoms with van der Waals surface area (Å²) in [6.45, 7) is 6.17. The van der Waals surface area contributed by atoms with E-state index in [-0.39, 0.29) is 0 Å². The van der Waals surface area contributed by atoms with E-state index in [4.69, 9.17) is 0 Å². The molecule has 0 saturated carbocycles. The second-order valence-corrected chi connectivity index (χ2v) is 3.87. The van der Waals surface area contributed by atoms with Crippen LogP contribution in [0.1, 0.15) is 13.3 Å². The second-order valence-electron chi connectivity index (χ2n) is 3.87. The number of fused-ring (bicyclic) bond motifs is 1. The van der Waals surface area contributed by atoms with Crippen molar-refractivity contribution in [3.63, 3.8) is 0 Å². The first-order valence-corrected chi connectivity index (χ1v) is 5.10. The first-order valence-electron chi connectivity index (χ1n) is 5.10. The van der Waals surface area contributed by atoms with Crippen LogP contribution in [-0.4, -0.2) is 12.1 Å². The SMILES string of the molecule is C=CC1C(CC)NC2C=CC=CC21. The zero-order valence-corrected chi connectivity index (χ0v) is 8.11.